The van der Waals surface area contributed by atoms with E-state index in [0.29, 0.717) is 17.9 Å². The van der Waals surface area contributed by atoms with Crippen LogP contribution in [-0.2, 0) is 17.7 Å². The molecule has 0 saturated carbocycles. The van der Waals surface area contributed by atoms with Gasteiger partial charge >= 0.3 is 5.97 Å². The molecular formula is C20H22N4O3. The molecule has 1 aromatic carbocycles. The van der Waals surface area contributed by atoms with Gasteiger partial charge in [-0.3, -0.25) is 9.89 Å². The van der Waals surface area contributed by atoms with Gasteiger partial charge in [0, 0.05) is 24.5 Å². The lowest BCUT2D eigenvalue weighted by Crippen LogP contribution is -2.30. The van der Waals surface area contributed by atoms with Crippen LogP contribution in [0.4, 0.5) is 5.69 Å². The molecule has 2 aromatic heterocycles. The number of anilines is 1. The number of carbonyl (C=O) groups is 1. The second kappa shape index (κ2) is 6.90. The Bertz CT molecular complexity index is 1070. The molecule has 0 radical (unpaired) electrons. The minimum atomic E-state index is -0.487. The summed E-state index contributed by atoms with van der Waals surface area (Å²) in [6.07, 6.45) is 3.59. The summed E-state index contributed by atoms with van der Waals surface area (Å²) in [6, 6.07) is 7.97. The van der Waals surface area contributed by atoms with Crippen LogP contribution in [0, 0.1) is 6.92 Å². The lowest BCUT2D eigenvalue weighted by atomic mass is 9.99. The first-order valence-electron chi connectivity index (χ1n) is 9.18. The van der Waals surface area contributed by atoms with Crippen LogP contribution in [0.5, 0.6) is 0 Å². The molecule has 0 unspecified atom stereocenters. The van der Waals surface area contributed by atoms with Crippen molar-refractivity contribution in [2.75, 3.05) is 18.1 Å². The third-order valence-corrected chi connectivity index (χ3v) is 4.85. The Morgan fingerprint density at radius 1 is 1.33 bits per heavy atom. The fourth-order valence-corrected chi connectivity index (χ4v) is 3.63. The Labute approximate surface area is 156 Å². The molecule has 7 nitrogen and oxygen atoms in total. The average molecular weight is 366 g/mol. The molecule has 0 spiro atoms. The predicted octanol–water partition coefficient (Wildman–Crippen LogP) is 2.46. The molecule has 140 valence electrons. The normalized spacial score (nSPS) is 13.6. The monoisotopic (exact) mass is 366 g/mol. The average Bonchev–Trinajstić information content (AvgIpc) is 3.06. The molecule has 1 aliphatic rings. The van der Waals surface area contributed by atoms with E-state index in [-0.39, 0.29) is 17.7 Å². The zero-order valence-corrected chi connectivity index (χ0v) is 15.5. The van der Waals surface area contributed by atoms with Gasteiger partial charge in [-0.05, 0) is 38.3 Å². The smallest absolute Gasteiger partial charge is 0.343 e. The van der Waals surface area contributed by atoms with Gasteiger partial charge in [-0.25, -0.2) is 14.3 Å². The largest absolute Gasteiger partial charge is 0.462 e. The molecule has 0 saturated heterocycles. The van der Waals surface area contributed by atoms with Crippen LogP contribution >= 0.6 is 0 Å². The van der Waals surface area contributed by atoms with E-state index >= 15 is 0 Å². The summed E-state index contributed by atoms with van der Waals surface area (Å²) in [6.45, 7) is 5.54. The van der Waals surface area contributed by atoms with Crippen LogP contribution in [-0.4, -0.2) is 33.7 Å². The van der Waals surface area contributed by atoms with E-state index in [9.17, 15) is 9.59 Å². The zero-order valence-electron chi connectivity index (χ0n) is 15.5. The van der Waals surface area contributed by atoms with Crippen molar-refractivity contribution in [2.45, 2.75) is 33.2 Å². The van der Waals surface area contributed by atoms with Crippen molar-refractivity contribution in [3.05, 3.63) is 63.2 Å². The molecule has 1 N–H and O–H groups in total. The first kappa shape index (κ1) is 17.3. The number of nitrogens with one attached hydrogen (secondary N) is 1. The number of aromatic nitrogens is 3. The quantitative estimate of drug-likeness (QED) is 0.718. The van der Waals surface area contributed by atoms with Crippen molar-refractivity contribution >= 4 is 17.3 Å². The standard InChI is InChI=1S/C20H22N4O3/c1-3-27-20(26)16-11-21-24-18(25)10-15(22-19(16)24)12-23-8-4-5-14-9-13(2)6-7-17(14)23/h6-7,9-11,21H,3-5,8,12H2,1-2H3. The molecular weight excluding hydrogens is 344 g/mol. The molecule has 27 heavy (non-hydrogen) atoms. The third kappa shape index (κ3) is 3.20. The topological polar surface area (TPSA) is 79.7 Å². The van der Waals surface area contributed by atoms with Gasteiger partial charge < -0.3 is 9.64 Å². The highest BCUT2D eigenvalue weighted by Gasteiger charge is 2.20. The first-order chi connectivity index (χ1) is 13.1. The molecule has 3 heterocycles. The van der Waals surface area contributed by atoms with E-state index in [1.807, 2.05) is 0 Å². The molecule has 0 aliphatic carbocycles. The van der Waals surface area contributed by atoms with Gasteiger partial charge in [-0.15, -0.1) is 0 Å². The lowest BCUT2D eigenvalue weighted by molar-refractivity contribution is 0.0528. The van der Waals surface area contributed by atoms with Crippen LogP contribution in [0.25, 0.3) is 5.65 Å². The number of carbonyl (C=O) groups excluding carboxylic acids is 1. The Kier molecular flexibility index (Phi) is 4.43. The van der Waals surface area contributed by atoms with E-state index in [0.717, 1.165) is 19.4 Å². The predicted molar refractivity (Wildman–Crippen MR) is 102 cm³/mol. The number of H-pyrrole nitrogens is 1. The minimum Gasteiger partial charge on any atom is -0.462 e. The summed E-state index contributed by atoms with van der Waals surface area (Å²) in [5.41, 5.74) is 4.73. The van der Waals surface area contributed by atoms with E-state index in [4.69, 9.17) is 4.74 Å². The number of hydrogen-bond acceptors (Lipinski definition) is 5. The fourth-order valence-electron chi connectivity index (χ4n) is 3.63. The van der Waals surface area contributed by atoms with Gasteiger partial charge in [0.1, 0.15) is 5.56 Å². The van der Waals surface area contributed by atoms with Gasteiger partial charge in [0.25, 0.3) is 5.56 Å². The number of aromatic amines is 1. The van der Waals surface area contributed by atoms with E-state index < -0.39 is 5.97 Å². The van der Waals surface area contributed by atoms with E-state index in [1.54, 1.807) is 6.92 Å². The highest BCUT2D eigenvalue weighted by Crippen LogP contribution is 2.29. The SMILES string of the molecule is CCOC(=O)c1c[nH]n2c(=O)cc(CN3CCCc4cc(C)ccc43)nc12. The fraction of sp³-hybridized carbons (Fsp3) is 0.350. The first-order valence-corrected chi connectivity index (χ1v) is 9.18. The maximum absolute atomic E-state index is 12.4. The number of ether oxygens (including phenoxy) is 1. The van der Waals surface area contributed by atoms with Crippen LogP contribution in [0.1, 0.15) is 40.5 Å². The summed E-state index contributed by atoms with van der Waals surface area (Å²) in [4.78, 5) is 31.4. The molecule has 4 rings (SSSR count). The Balaban J connectivity index is 1.70. The van der Waals surface area contributed by atoms with Gasteiger partial charge in [0.05, 0.1) is 18.8 Å². The molecule has 1 aliphatic heterocycles. The van der Waals surface area contributed by atoms with Crippen molar-refractivity contribution in [1.82, 2.24) is 14.6 Å². The number of rotatable bonds is 4. The number of hydrogen-bond donors (Lipinski definition) is 1. The van der Waals surface area contributed by atoms with Gasteiger partial charge in [0.2, 0.25) is 0 Å². The van der Waals surface area contributed by atoms with Crippen molar-refractivity contribution in [1.29, 1.82) is 0 Å². The summed E-state index contributed by atoms with van der Waals surface area (Å²) in [7, 11) is 0. The van der Waals surface area contributed by atoms with Gasteiger partial charge in [-0.1, -0.05) is 17.7 Å². The lowest BCUT2D eigenvalue weighted by Gasteiger charge is -2.31. The number of esters is 1. The Morgan fingerprint density at radius 2 is 2.19 bits per heavy atom. The number of aryl methyl sites for hydroxylation is 2. The van der Waals surface area contributed by atoms with Crippen LogP contribution in [0.15, 0.2) is 35.3 Å². The van der Waals surface area contributed by atoms with Crippen LogP contribution in [0.3, 0.4) is 0 Å². The summed E-state index contributed by atoms with van der Waals surface area (Å²) >= 11 is 0. The summed E-state index contributed by atoms with van der Waals surface area (Å²) in [5, 5.41) is 2.78. The van der Waals surface area contributed by atoms with Gasteiger partial charge in [0.15, 0.2) is 5.65 Å². The van der Waals surface area contributed by atoms with E-state index in [2.05, 4.69) is 40.1 Å². The van der Waals surface area contributed by atoms with Crippen molar-refractivity contribution in [3.8, 4) is 0 Å². The van der Waals surface area contributed by atoms with Crippen LogP contribution < -0.4 is 10.5 Å². The summed E-state index contributed by atoms with van der Waals surface area (Å²) < 4.78 is 6.32. The Morgan fingerprint density at radius 3 is 3.00 bits per heavy atom. The zero-order chi connectivity index (χ0) is 19.0. The molecule has 0 bridgehead atoms. The Hall–Kier alpha value is -3.09. The van der Waals surface area contributed by atoms with Crippen molar-refractivity contribution in [3.63, 3.8) is 0 Å². The number of nitrogens with zero attached hydrogens (tertiary/aromatic N) is 3. The van der Waals surface area contributed by atoms with Crippen LogP contribution in [0.2, 0.25) is 0 Å². The van der Waals surface area contributed by atoms with Gasteiger partial charge in [-0.2, -0.15) is 0 Å². The molecule has 0 amide bonds. The van der Waals surface area contributed by atoms with E-state index in [1.165, 1.54) is 33.6 Å². The second-order valence-corrected chi connectivity index (χ2v) is 6.81. The van der Waals surface area contributed by atoms with Crippen molar-refractivity contribution in [2.24, 2.45) is 0 Å². The highest BCUT2D eigenvalue weighted by atomic mass is 16.5. The molecule has 0 atom stereocenters. The molecule has 0 fully saturated rings. The van der Waals surface area contributed by atoms with Crippen molar-refractivity contribution < 1.29 is 9.53 Å². The minimum absolute atomic E-state index is 0.244. The number of fused-ring (bicyclic) bond motifs is 2. The molecule has 7 heteroatoms. The highest BCUT2D eigenvalue weighted by molar-refractivity contribution is 5.95. The third-order valence-electron chi connectivity index (χ3n) is 4.85. The second-order valence-electron chi connectivity index (χ2n) is 6.81. The molecule has 3 aromatic rings. The maximum atomic E-state index is 12.4. The summed E-state index contributed by atoms with van der Waals surface area (Å²) in [5.74, 6) is -0.487. The number of benzene rings is 1. The maximum Gasteiger partial charge on any atom is 0.343 e.